The number of ether oxygens (including phenoxy) is 3. The predicted octanol–water partition coefficient (Wildman–Crippen LogP) is 6.79. The Bertz CT molecular complexity index is 1480. The van der Waals surface area contributed by atoms with Crippen molar-refractivity contribution in [3.8, 4) is 17.2 Å². The first-order valence-electron chi connectivity index (χ1n) is 13.0. The quantitative estimate of drug-likeness (QED) is 0.200. The zero-order valence-corrected chi connectivity index (χ0v) is 24.2. The van der Waals surface area contributed by atoms with Gasteiger partial charge in [-0.2, -0.15) is 15.1 Å². The van der Waals surface area contributed by atoms with Crippen molar-refractivity contribution in [2.45, 2.75) is 32.6 Å². The Hall–Kier alpha value is -3.89. The van der Waals surface area contributed by atoms with Crippen LogP contribution in [0.2, 0.25) is 0 Å². The highest BCUT2D eigenvalue weighted by Crippen LogP contribution is 2.33. The molecule has 10 heteroatoms. The van der Waals surface area contributed by atoms with Crippen LogP contribution in [0.25, 0.3) is 6.08 Å². The first-order chi connectivity index (χ1) is 19.5. The van der Waals surface area contributed by atoms with E-state index in [0.29, 0.717) is 47.8 Å². The number of nitrogens with one attached hydrogen (secondary N) is 1. The van der Waals surface area contributed by atoms with E-state index in [9.17, 15) is 4.79 Å². The predicted molar refractivity (Wildman–Crippen MR) is 162 cm³/mol. The maximum atomic E-state index is 12.8. The van der Waals surface area contributed by atoms with E-state index < -0.39 is 5.91 Å². The molecule has 8 nitrogen and oxygen atoms in total. The van der Waals surface area contributed by atoms with Gasteiger partial charge in [0.1, 0.15) is 10.8 Å². The van der Waals surface area contributed by atoms with Crippen molar-refractivity contribution in [2.75, 3.05) is 20.3 Å². The monoisotopic (exact) mass is 574 g/mol. The maximum absolute atomic E-state index is 12.8. The number of thioether (sulfide) groups is 1. The Morgan fingerprint density at radius 1 is 1.07 bits per heavy atom. The summed E-state index contributed by atoms with van der Waals surface area (Å²) in [5.74, 6) is 2.03. The van der Waals surface area contributed by atoms with E-state index in [1.54, 1.807) is 36.7 Å². The van der Waals surface area contributed by atoms with Gasteiger partial charge in [-0.3, -0.25) is 10.2 Å². The Morgan fingerprint density at radius 3 is 2.60 bits per heavy atom. The molecule has 0 spiro atoms. The summed E-state index contributed by atoms with van der Waals surface area (Å²) in [5.41, 5.74) is 2.17. The number of amidine groups is 2. The van der Waals surface area contributed by atoms with Gasteiger partial charge in [0.15, 0.2) is 17.3 Å². The van der Waals surface area contributed by atoms with Crippen molar-refractivity contribution in [3.05, 3.63) is 81.6 Å². The van der Waals surface area contributed by atoms with Gasteiger partial charge in [0.25, 0.3) is 5.91 Å². The minimum absolute atomic E-state index is 0.0112. The lowest BCUT2D eigenvalue weighted by molar-refractivity contribution is -0.114. The van der Waals surface area contributed by atoms with Gasteiger partial charge in [-0.15, -0.1) is 11.3 Å². The number of rotatable bonds is 11. The molecule has 40 heavy (non-hydrogen) atoms. The molecule has 2 aromatic carbocycles. The van der Waals surface area contributed by atoms with Crippen LogP contribution in [0.3, 0.4) is 0 Å². The number of methoxy groups -OCH3 is 1. The summed E-state index contributed by atoms with van der Waals surface area (Å²) in [5, 5.41) is 17.6. The van der Waals surface area contributed by atoms with E-state index >= 15 is 0 Å². The summed E-state index contributed by atoms with van der Waals surface area (Å²) in [6.45, 7) is 5.40. The fourth-order valence-electron chi connectivity index (χ4n) is 4.11. The average Bonchev–Trinajstić information content (AvgIpc) is 3.66. The smallest absolute Gasteiger partial charge is 0.283 e. The van der Waals surface area contributed by atoms with Gasteiger partial charge in [0.05, 0.1) is 30.8 Å². The fraction of sp³-hybridized carbons (Fsp3) is 0.267. The van der Waals surface area contributed by atoms with Crippen molar-refractivity contribution >= 4 is 51.1 Å². The number of thiophene rings is 1. The third-order valence-corrected chi connectivity index (χ3v) is 8.51. The number of aliphatic imine (C=N–C) groups is 1. The van der Waals surface area contributed by atoms with E-state index in [0.717, 1.165) is 22.1 Å². The van der Waals surface area contributed by atoms with Gasteiger partial charge in [0.2, 0.25) is 5.17 Å². The highest BCUT2D eigenvalue weighted by molar-refractivity contribution is 8.27. The Labute approximate surface area is 241 Å². The first kappa shape index (κ1) is 27.7. The molecule has 0 saturated carbocycles. The molecule has 0 aliphatic carbocycles. The van der Waals surface area contributed by atoms with Crippen LogP contribution < -0.4 is 14.2 Å². The molecule has 0 saturated heterocycles. The summed E-state index contributed by atoms with van der Waals surface area (Å²) in [6.07, 6.45) is 3.44. The Kier molecular flexibility index (Phi) is 8.66. The Morgan fingerprint density at radius 2 is 1.88 bits per heavy atom. The van der Waals surface area contributed by atoms with Gasteiger partial charge in [-0.25, -0.2) is 0 Å². The average molecular weight is 575 g/mol. The summed E-state index contributed by atoms with van der Waals surface area (Å²) in [6, 6.07) is 17.5. The number of hydrogen-bond acceptors (Lipinski definition) is 8. The standard InChI is InChI=1S/C30H30N4O4S2/c1-4-19(2)21-9-11-22(12-10-21)37-14-6-15-38-24-13-8-20(18-25(24)36-3)17-23-27(31)34-30(32-28(23)35)40-29(33-34)26-7-5-16-39-26/h5,7-13,16-19,31H,4,6,14-15H2,1-3H3. The molecule has 1 unspecified atom stereocenters. The lowest BCUT2D eigenvalue weighted by atomic mass is 9.99. The molecule has 0 bridgehead atoms. The number of carbonyl (C=O) groups excluding carboxylic acids is 1. The molecule has 2 aliphatic heterocycles. The molecular weight excluding hydrogens is 544 g/mol. The van der Waals surface area contributed by atoms with Crippen LogP contribution >= 0.6 is 23.1 Å². The van der Waals surface area contributed by atoms with Gasteiger partial charge >= 0.3 is 0 Å². The van der Waals surface area contributed by atoms with E-state index in [-0.39, 0.29) is 11.4 Å². The molecule has 1 atom stereocenters. The van der Waals surface area contributed by atoms with E-state index in [4.69, 9.17) is 19.6 Å². The Balaban J connectivity index is 1.18. The van der Waals surface area contributed by atoms with Crippen molar-refractivity contribution in [1.29, 1.82) is 5.41 Å². The van der Waals surface area contributed by atoms with Crippen LogP contribution in [0, 0.1) is 5.41 Å². The molecule has 206 valence electrons. The van der Waals surface area contributed by atoms with Gasteiger partial charge < -0.3 is 14.2 Å². The number of nitrogens with zero attached hydrogens (tertiary/aromatic N) is 3. The van der Waals surface area contributed by atoms with Crippen LogP contribution in [0.4, 0.5) is 0 Å². The van der Waals surface area contributed by atoms with Crippen LogP contribution in [0.15, 0.2) is 75.6 Å². The second kappa shape index (κ2) is 12.5. The molecule has 0 fully saturated rings. The highest BCUT2D eigenvalue weighted by Gasteiger charge is 2.36. The van der Waals surface area contributed by atoms with Crippen LogP contribution in [-0.2, 0) is 4.79 Å². The zero-order chi connectivity index (χ0) is 28.1. The molecule has 1 aromatic heterocycles. The zero-order valence-electron chi connectivity index (χ0n) is 22.5. The van der Waals surface area contributed by atoms with Crippen molar-refractivity contribution in [3.63, 3.8) is 0 Å². The number of benzene rings is 2. The summed E-state index contributed by atoms with van der Waals surface area (Å²) >= 11 is 2.84. The number of carbonyl (C=O) groups is 1. The maximum Gasteiger partial charge on any atom is 0.283 e. The fourth-order valence-corrected chi connectivity index (χ4v) is 5.79. The topological polar surface area (TPSA) is 96.6 Å². The lowest BCUT2D eigenvalue weighted by Crippen LogP contribution is -2.35. The SMILES string of the molecule is CCC(C)c1ccc(OCCCOc2ccc(C=C3C(=N)N4N=C(c5cccs5)SC4=NC3=O)cc2OC)cc1. The van der Waals surface area contributed by atoms with Crippen molar-refractivity contribution < 1.29 is 19.0 Å². The lowest BCUT2D eigenvalue weighted by Gasteiger charge is -2.20. The van der Waals surface area contributed by atoms with Gasteiger partial charge in [-0.05, 0) is 77.0 Å². The van der Waals surface area contributed by atoms with Gasteiger partial charge in [0, 0.05) is 6.42 Å². The minimum atomic E-state index is -0.472. The molecule has 1 amide bonds. The molecule has 3 heterocycles. The highest BCUT2D eigenvalue weighted by atomic mass is 32.2. The third-order valence-electron chi connectivity index (χ3n) is 6.56. The van der Waals surface area contributed by atoms with Gasteiger partial charge in [-0.1, -0.05) is 38.1 Å². The second-order valence-electron chi connectivity index (χ2n) is 9.24. The van der Waals surface area contributed by atoms with Crippen molar-refractivity contribution in [2.24, 2.45) is 10.1 Å². The molecule has 3 aromatic rings. The summed E-state index contributed by atoms with van der Waals surface area (Å²) < 4.78 is 17.3. The first-order valence-corrected chi connectivity index (χ1v) is 14.7. The number of amides is 1. The second-order valence-corrected chi connectivity index (χ2v) is 11.1. The van der Waals surface area contributed by atoms with Crippen LogP contribution in [-0.4, -0.2) is 47.3 Å². The van der Waals surface area contributed by atoms with E-state index in [2.05, 4.69) is 36.1 Å². The molecule has 2 aliphatic rings. The number of hydrazone groups is 1. The largest absolute Gasteiger partial charge is 0.493 e. The summed E-state index contributed by atoms with van der Waals surface area (Å²) in [4.78, 5) is 17.9. The third kappa shape index (κ3) is 6.13. The van der Waals surface area contributed by atoms with Crippen LogP contribution in [0.5, 0.6) is 17.2 Å². The minimum Gasteiger partial charge on any atom is -0.493 e. The van der Waals surface area contributed by atoms with Crippen LogP contribution in [0.1, 0.15) is 48.6 Å². The van der Waals surface area contributed by atoms with E-state index in [1.807, 2.05) is 35.7 Å². The van der Waals surface area contributed by atoms with Crippen molar-refractivity contribution in [1.82, 2.24) is 5.01 Å². The summed E-state index contributed by atoms with van der Waals surface area (Å²) in [7, 11) is 1.57. The van der Waals surface area contributed by atoms with E-state index in [1.165, 1.54) is 22.3 Å². The molecule has 1 N–H and O–H groups in total. The number of fused-ring (bicyclic) bond motifs is 1. The molecular formula is C30H30N4O4S2. The molecule has 5 rings (SSSR count). The number of hydrogen-bond donors (Lipinski definition) is 1. The molecule has 0 radical (unpaired) electrons. The normalized spacial score (nSPS) is 16.5.